The molecule has 8 heteroatoms. The summed E-state index contributed by atoms with van der Waals surface area (Å²) >= 11 is 0. The molecule has 7 nitrogen and oxygen atoms in total. The number of aromatic nitrogens is 1. The molecule has 0 aliphatic carbocycles. The Hall–Kier alpha value is -2.19. The van der Waals surface area contributed by atoms with E-state index in [-0.39, 0.29) is 16.8 Å². The number of hydrogen-bond acceptors (Lipinski definition) is 5. The van der Waals surface area contributed by atoms with Crippen LogP contribution in [0.1, 0.15) is 55.8 Å². The van der Waals surface area contributed by atoms with E-state index in [0.717, 1.165) is 22.6 Å². The van der Waals surface area contributed by atoms with Crippen molar-refractivity contribution >= 4 is 15.9 Å². The second-order valence-electron chi connectivity index (χ2n) is 6.75. The molecule has 0 saturated heterocycles. The zero-order valence-corrected chi connectivity index (χ0v) is 18.0. The van der Waals surface area contributed by atoms with E-state index in [1.165, 1.54) is 4.31 Å². The number of hydrogen-bond donors (Lipinski definition) is 1. The molecule has 1 N–H and O–H groups in total. The highest BCUT2D eigenvalue weighted by Crippen LogP contribution is 2.20. The second kappa shape index (κ2) is 9.34. The number of nitrogens with zero attached hydrogens (tertiary/aromatic N) is 2. The number of aryl methyl sites for hydroxylation is 2. The third-order valence-electron chi connectivity index (χ3n) is 4.88. The van der Waals surface area contributed by atoms with E-state index >= 15 is 0 Å². The third kappa shape index (κ3) is 4.99. The maximum atomic E-state index is 12.5. The van der Waals surface area contributed by atoms with Gasteiger partial charge in [0.1, 0.15) is 5.76 Å². The van der Waals surface area contributed by atoms with E-state index in [1.54, 1.807) is 24.3 Å². The molecule has 1 amide bonds. The first-order chi connectivity index (χ1) is 13.2. The van der Waals surface area contributed by atoms with Crippen molar-refractivity contribution in [3.8, 4) is 0 Å². The SMILES string of the molecule is CCN(CC)S(=O)(=O)c1ccc(C(C)NC(=O)CCc2c(C)noc2C)cc1. The molecule has 154 valence electrons. The monoisotopic (exact) mass is 407 g/mol. The van der Waals surface area contributed by atoms with Crippen molar-refractivity contribution in [3.05, 3.63) is 46.8 Å². The highest BCUT2D eigenvalue weighted by Gasteiger charge is 2.21. The van der Waals surface area contributed by atoms with Crippen LogP contribution in [0.25, 0.3) is 0 Å². The Balaban J connectivity index is 1.99. The summed E-state index contributed by atoms with van der Waals surface area (Å²) in [5.41, 5.74) is 2.63. The van der Waals surface area contributed by atoms with Gasteiger partial charge in [-0.3, -0.25) is 4.79 Å². The number of benzene rings is 1. The van der Waals surface area contributed by atoms with Gasteiger partial charge in [0.2, 0.25) is 15.9 Å². The van der Waals surface area contributed by atoms with Gasteiger partial charge in [-0.25, -0.2) is 8.42 Å². The minimum absolute atomic E-state index is 0.0765. The molecule has 1 atom stereocenters. The Morgan fingerprint density at radius 3 is 2.29 bits per heavy atom. The summed E-state index contributed by atoms with van der Waals surface area (Å²) < 4.78 is 31.6. The standard InChI is InChI=1S/C20H29N3O4S/c1-6-23(7-2)28(25,26)18-10-8-17(9-11-18)14(3)21-20(24)13-12-19-15(4)22-27-16(19)5/h8-11,14H,6-7,12-13H2,1-5H3,(H,21,24). The lowest BCUT2D eigenvalue weighted by atomic mass is 10.1. The van der Waals surface area contributed by atoms with Crippen LogP contribution in [0.15, 0.2) is 33.7 Å². The van der Waals surface area contributed by atoms with Crippen molar-refractivity contribution in [2.45, 2.75) is 58.4 Å². The second-order valence-corrected chi connectivity index (χ2v) is 8.69. The van der Waals surface area contributed by atoms with Crippen LogP contribution >= 0.6 is 0 Å². The molecule has 1 unspecified atom stereocenters. The van der Waals surface area contributed by atoms with Gasteiger partial charge < -0.3 is 9.84 Å². The molecule has 0 aliphatic heterocycles. The van der Waals surface area contributed by atoms with Crippen molar-refractivity contribution in [1.82, 2.24) is 14.8 Å². The van der Waals surface area contributed by atoms with Gasteiger partial charge >= 0.3 is 0 Å². The lowest BCUT2D eigenvalue weighted by Crippen LogP contribution is -2.30. The van der Waals surface area contributed by atoms with E-state index in [4.69, 9.17) is 4.52 Å². The molecule has 1 heterocycles. The number of sulfonamides is 1. The normalized spacial score (nSPS) is 12.9. The molecular weight excluding hydrogens is 378 g/mol. The fraction of sp³-hybridized carbons (Fsp3) is 0.500. The lowest BCUT2D eigenvalue weighted by molar-refractivity contribution is -0.121. The smallest absolute Gasteiger partial charge is 0.243 e. The molecule has 0 radical (unpaired) electrons. The maximum Gasteiger partial charge on any atom is 0.243 e. The van der Waals surface area contributed by atoms with Gasteiger partial charge in [0, 0.05) is 25.1 Å². The van der Waals surface area contributed by atoms with Crippen molar-refractivity contribution in [2.75, 3.05) is 13.1 Å². The molecule has 0 saturated carbocycles. The average Bonchev–Trinajstić information content (AvgIpc) is 2.98. The van der Waals surface area contributed by atoms with Gasteiger partial charge in [-0.2, -0.15) is 4.31 Å². The molecule has 1 aromatic heterocycles. The molecule has 0 aliphatic rings. The Morgan fingerprint density at radius 1 is 1.18 bits per heavy atom. The van der Waals surface area contributed by atoms with Crippen LogP contribution in [0, 0.1) is 13.8 Å². The van der Waals surface area contributed by atoms with Gasteiger partial charge in [-0.05, 0) is 44.9 Å². The number of amides is 1. The highest BCUT2D eigenvalue weighted by molar-refractivity contribution is 7.89. The van der Waals surface area contributed by atoms with E-state index in [0.29, 0.717) is 25.9 Å². The summed E-state index contributed by atoms with van der Waals surface area (Å²) in [7, 11) is -3.48. The predicted octanol–water partition coefficient (Wildman–Crippen LogP) is 3.13. The van der Waals surface area contributed by atoms with Crippen LogP contribution < -0.4 is 5.32 Å². The van der Waals surface area contributed by atoms with Gasteiger partial charge in [-0.1, -0.05) is 31.1 Å². The fourth-order valence-corrected chi connectivity index (χ4v) is 4.59. The minimum atomic E-state index is -3.48. The van der Waals surface area contributed by atoms with Gasteiger partial charge in [0.15, 0.2) is 0 Å². The first-order valence-corrected chi connectivity index (χ1v) is 11.0. The molecule has 0 fully saturated rings. The third-order valence-corrected chi connectivity index (χ3v) is 6.95. The summed E-state index contributed by atoms with van der Waals surface area (Å²) in [5, 5.41) is 6.85. The molecular formula is C20H29N3O4S. The predicted molar refractivity (Wildman–Crippen MR) is 107 cm³/mol. The minimum Gasteiger partial charge on any atom is -0.361 e. The lowest BCUT2D eigenvalue weighted by Gasteiger charge is -2.19. The zero-order chi connectivity index (χ0) is 20.9. The Bertz CT molecular complexity index is 881. The van der Waals surface area contributed by atoms with Gasteiger partial charge in [0.05, 0.1) is 16.6 Å². The van der Waals surface area contributed by atoms with Crippen LogP contribution in [0.3, 0.4) is 0 Å². The molecule has 0 spiro atoms. The summed E-state index contributed by atoms with van der Waals surface area (Å²) in [4.78, 5) is 12.5. The molecule has 1 aromatic carbocycles. The quantitative estimate of drug-likeness (QED) is 0.689. The van der Waals surface area contributed by atoms with Crippen molar-refractivity contribution in [1.29, 1.82) is 0 Å². The summed E-state index contributed by atoms with van der Waals surface area (Å²) in [6.45, 7) is 10.1. The number of carbonyl (C=O) groups is 1. The van der Waals surface area contributed by atoms with Gasteiger partial charge in [-0.15, -0.1) is 0 Å². The summed E-state index contributed by atoms with van der Waals surface area (Å²) in [5.74, 6) is 0.663. The largest absolute Gasteiger partial charge is 0.361 e. The number of nitrogens with one attached hydrogen (secondary N) is 1. The topological polar surface area (TPSA) is 92.5 Å². The molecule has 28 heavy (non-hydrogen) atoms. The molecule has 0 bridgehead atoms. The fourth-order valence-electron chi connectivity index (χ4n) is 3.14. The van der Waals surface area contributed by atoms with E-state index < -0.39 is 10.0 Å². The van der Waals surface area contributed by atoms with E-state index in [2.05, 4.69) is 10.5 Å². The molecule has 2 aromatic rings. The number of carbonyl (C=O) groups excluding carboxylic acids is 1. The van der Waals surface area contributed by atoms with Crippen molar-refractivity contribution in [2.24, 2.45) is 0 Å². The first kappa shape index (κ1) is 22.1. The Labute approximate surface area is 167 Å². The van der Waals surface area contributed by atoms with Crippen molar-refractivity contribution < 1.29 is 17.7 Å². The Morgan fingerprint density at radius 2 is 1.79 bits per heavy atom. The van der Waals surface area contributed by atoms with Crippen LogP contribution in [-0.2, 0) is 21.2 Å². The summed E-state index contributed by atoms with van der Waals surface area (Å²) in [6.07, 6.45) is 0.905. The van der Waals surface area contributed by atoms with Crippen LogP contribution in [0.2, 0.25) is 0 Å². The van der Waals surface area contributed by atoms with Crippen LogP contribution in [0.4, 0.5) is 0 Å². The number of rotatable bonds is 9. The highest BCUT2D eigenvalue weighted by atomic mass is 32.2. The van der Waals surface area contributed by atoms with E-state index in [9.17, 15) is 13.2 Å². The maximum absolute atomic E-state index is 12.5. The van der Waals surface area contributed by atoms with E-state index in [1.807, 2.05) is 34.6 Å². The average molecular weight is 408 g/mol. The van der Waals surface area contributed by atoms with Crippen molar-refractivity contribution in [3.63, 3.8) is 0 Å². The van der Waals surface area contributed by atoms with Crippen LogP contribution in [-0.4, -0.2) is 36.9 Å². The van der Waals surface area contributed by atoms with Crippen LogP contribution in [0.5, 0.6) is 0 Å². The van der Waals surface area contributed by atoms with Gasteiger partial charge in [0.25, 0.3) is 0 Å². The first-order valence-electron chi connectivity index (χ1n) is 9.51. The summed E-state index contributed by atoms with van der Waals surface area (Å²) in [6, 6.07) is 6.46. The molecule has 2 rings (SSSR count). The Kier molecular flexibility index (Phi) is 7.37. The zero-order valence-electron chi connectivity index (χ0n) is 17.2.